The van der Waals surface area contributed by atoms with Crippen LogP contribution in [0.25, 0.3) is 10.8 Å². The third-order valence-electron chi connectivity index (χ3n) is 3.27. The molecular weight excluding hydrogens is 262 g/mol. The van der Waals surface area contributed by atoms with Crippen LogP contribution in [0.2, 0.25) is 0 Å². The van der Waals surface area contributed by atoms with Crippen LogP contribution in [0.5, 0.6) is 5.75 Å². The van der Waals surface area contributed by atoms with Crippen molar-refractivity contribution >= 4 is 16.7 Å². The number of fused-ring (bicyclic) bond motifs is 1. The zero-order valence-corrected chi connectivity index (χ0v) is 12.7. The average Bonchev–Trinajstić information content (AvgIpc) is 2.46. The molecule has 0 heterocycles. The van der Waals surface area contributed by atoms with Crippen molar-refractivity contribution in [2.75, 3.05) is 6.61 Å². The van der Waals surface area contributed by atoms with E-state index in [1.165, 1.54) is 0 Å². The fourth-order valence-electron chi connectivity index (χ4n) is 2.26. The lowest BCUT2D eigenvalue weighted by Gasteiger charge is -2.20. The molecule has 21 heavy (non-hydrogen) atoms. The zero-order chi connectivity index (χ0) is 15.2. The van der Waals surface area contributed by atoms with Crippen molar-refractivity contribution < 1.29 is 9.53 Å². The first-order chi connectivity index (χ1) is 10.1. The van der Waals surface area contributed by atoms with E-state index < -0.39 is 0 Å². The van der Waals surface area contributed by atoms with Crippen molar-refractivity contribution in [1.29, 1.82) is 0 Å². The largest absolute Gasteiger partial charge is 0.489 e. The smallest absolute Gasteiger partial charge is 0.223 e. The van der Waals surface area contributed by atoms with Crippen molar-refractivity contribution in [3.05, 3.63) is 54.7 Å². The third kappa shape index (κ3) is 3.85. The summed E-state index contributed by atoms with van der Waals surface area (Å²) in [4.78, 5) is 13.1. The van der Waals surface area contributed by atoms with Gasteiger partial charge in [0.05, 0.1) is 0 Å². The van der Waals surface area contributed by atoms with Crippen LogP contribution in [0.1, 0.15) is 20.8 Å². The van der Waals surface area contributed by atoms with Crippen LogP contribution < -0.4 is 4.74 Å². The van der Waals surface area contributed by atoms with Crippen LogP contribution in [0.4, 0.5) is 0 Å². The molecular formula is C18H21NO2. The number of amides is 1. The van der Waals surface area contributed by atoms with Gasteiger partial charge in [0, 0.05) is 24.6 Å². The number of benzene rings is 2. The summed E-state index contributed by atoms with van der Waals surface area (Å²) in [6.07, 6.45) is 3.65. The molecule has 0 fully saturated rings. The zero-order valence-electron chi connectivity index (χ0n) is 12.7. The number of hydrogen-bond acceptors (Lipinski definition) is 2. The summed E-state index contributed by atoms with van der Waals surface area (Å²) >= 11 is 0. The molecule has 0 aliphatic carbocycles. The molecule has 0 bridgehead atoms. The van der Waals surface area contributed by atoms with E-state index >= 15 is 0 Å². The first kappa shape index (κ1) is 15.1. The predicted octanol–water partition coefficient (Wildman–Crippen LogP) is 3.99. The molecule has 3 nitrogen and oxygen atoms in total. The van der Waals surface area contributed by atoms with Gasteiger partial charge in [-0.3, -0.25) is 4.79 Å². The van der Waals surface area contributed by atoms with Gasteiger partial charge in [-0.2, -0.15) is 0 Å². The maximum Gasteiger partial charge on any atom is 0.223 e. The third-order valence-corrected chi connectivity index (χ3v) is 3.27. The van der Waals surface area contributed by atoms with Crippen molar-refractivity contribution in [3.8, 4) is 5.75 Å². The Bertz CT molecular complexity index is 641. The minimum Gasteiger partial charge on any atom is -0.489 e. The molecule has 0 aliphatic rings. The molecule has 3 heteroatoms. The molecule has 110 valence electrons. The van der Waals surface area contributed by atoms with Gasteiger partial charge in [-0.05, 0) is 31.4 Å². The highest BCUT2D eigenvalue weighted by Gasteiger charge is 2.08. The van der Waals surface area contributed by atoms with E-state index in [4.69, 9.17) is 4.74 Å². The minimum absolute atomic E-state index is 0.0337. The van der Waals surface area contributed by atoms with Gasteiger partial charge in [0.15, 0.2) is 0 Å². The van der Waals surface area contributed by atoms with E-state index in [0.29, 0.717) is 6.61 Å². The molecule has 2 aromatic rings. The lowest BCUT2D eigenvalue weighted by molar-refractivity contribution is -0.127. The normalized spacial score (nSPS) is 11.2. The Labute approximate surface area is 125 Å². The number of rotatable bonds is 5. The molecule has 0 radical (unpaired) electrons. The van der Waals surface area contributed by atoms with Crippen LogP contribution in [0, 0.1) is 0 Å². The molecule has 0 aromatic heterocycles. The van der Waals surface area contributed by atoms with Gasteiger partial charge >= 0.3 is 0 Å². The van der Waals surface area contributed by atoms with Gasteiger partial charge in [0.1, 0.15) is 12.4 Å². The van der Waals surface area contributed by atoms with Gasteiger partial charge < -0.3 is 9.64 Å². The van der Waals surface area contributed by atoms with E-state index in [2.05, 4.69) is 12.1 Å². The summed E-state index contributed by atoms with van der Waals surface area (Å²) in [5.74, 6) is 0.892. The molecule has 2 rings (SSSR count). The Morgan fingerprint density at radius 3 is 2.62 bits per heavy atom. The monoisotopic (exact) mass is 283 g/mol. The van der Waals surface area contributed by atoms with Crippen molar-refractivity contribution in [2.45, 2.75) is 26.8 Å². The molecule has 1 amide bonds. The van der Waals surface area contributed by atoms with Gasteiger partial charge in [0.2, 0.25) is 5.91 Å². The molecule has 0 unspecified atom stereocenters. The Morgan fingerprint density at radius 1 is 1.19 bits per heavy atom. The maximum absolute atomic E-state index is 11.5. The summed E-state index contributed by atoms with van der Waals surface area (Å²) in [6.45, 7) is 5.97. The molecule has 2 aromatic carbocycles. The Balaban J connectivity index is 2.04. The lowest BCUT2D eigenvalue weighted by Crippen LogP contribution is -2.29. The van der Waals surface area contributed by atoms with Crippen LogP contribution in [0.15, 0.2) is 54.7 Å². The summed E-state index contributed by atoms with van der Waals surface area (Å²) in [7, 11) is 0. The number of carbonyl (C=O) groups is 1. The summed E-state index contributed by atoms with van der Waals surface area (Å²) in [6, 6.07) is 14.3. The minimum atomic E-state index is 0.0337. The van der Waals surface area contributed by atoms with E-state index in [-0.39, 0.29) is 11.9 Å². The van der Waals surface area contributed by atoms with Crippen molar-refractivity contribution in [2.24, 2.45) is 0 Å². The second kappa shape index (κ2) is 6.93. The topological polar surface area (TPSA) is 29.5 Å². The van der Waals surface area contributed by atoms with E-state index in [1.54, 1.807) is 18.0 Å². The quantitative estimate of drug-likeness (QED) is 0.830. The summed E-state index contributed by atoms with van der Waals surface area (Å²) < 4.78 is 5.80. The van der Waals surface area contributed by atoms with Crippen LogP contribution in [-0.2, 0) is 4.79 Å². The summed E-state index contributed by atoms with van der Waals surface area (Å²) in [5.41, 5.74) is 0. The van der Waals surface area contributed by atoms with Gasteiger partial charge in [-0.15, -0.1) is 0 Å². The fourth-order valence-corrected chi connectivity index (χ4v) is 2.26. The van der Waals surface area contributed by atoms with Crippen LogP contribution in [0.3, 0.4) is 0 Å². The highest BCUT2D eigenvalue weighted by Crippen LogP contribution is 2.24. The Hall–Kier alpha value is -2.29. The van der Waals surface area contributed by atoms with Crippen LogP contribution >= 0.6 is 0 Å². The maximum atomic E-state index is 11.5. The molecule has 0 spiro atoms. The van der Waals surface area contributed by atoms with E-state index in [0.717, 1.165) is 16.5 Å². The van der Waals surface area contributed by atoms with Crippen LogP contribution in [-0.4, -0.2) is 23.5 Å². The van der Waals surface area contributed by atoms with E-state index in [9.17, 15) is 4.79 Å². The number of nitrogens with zero attached hydrogens (tertiary/aromatic N) is 1. The summed E-state index contributed by atoms with van der Waals surface area (Å²) in [5, 5.41) is 2.26. The number of ether oxygens (including phenoxy) is 1. The van der Waals surface area contributed by atoms with Gasteiger partial charge in [0.25, 0.3) is 0 Å². The standard InChI is InChI=1S/C18H21NO2/c1-14(2)19(15(3)20)12-7-13-21-18-11-6-9-16-8-4-5-10-17(16)18/h4-12,14H,13H2,1-3H3/b12-7-. The second-order valence-corrected chi connectivity index (χ2v) is 5.19. The molecule has 0 N–H and O–H groups in total. The Kier molecular flexibility index (Phi) is 4.99. The lowest BCUT2D eigenvalue weighted by atomic mass is 10.1. The molecule has 0 aliphatic heterocycles. The molecule has 0 saturated heterocycles. The highest BCUT2D eigenvalue weighted by molar-refractivity contribution is 5.88. The number of hydrogen-bond donors (Lipinski definition) is 0. The first-order valence-corrected chi connectivity index (χ1v) is 7.15. The van der Waals surface area contributed by atoms with Gasteiger partial charge in [-0.1, -0.05) is 36.4 Å². The van der Waals surface area contributed by atoms with Crippen molar-refractivity contribution in [3.63, 3.8) is 0 Å². The van der Waals surface area contributed by atoms with Crippen molar-refractivity contribution in [1.82, 2.24) is 4.90 Å². The Morgan fingerprint density at radius 2 is 1.90 bits per heavy atom. The highest BCUT2D eigenvalue weighted by atomic mass is 16.5. The van der Waals surface area contributed by atoms with Gasteiger partial charge in [-0.25, -0.2) is 0 Å². The molecule has 0 atom stereocenters. The fraction of sp³-hybridized carbons (Fsp3) is 0.278. The molecule has 0 saturated carbocycles. The average molecular weight is 283 g/mol. The number of carbonyl (C=O) groups excluding carboxylic acids is 1. The first-order valence-electron chi connectivity index (χ1n) is 7.15. The second-order valence-electron chi connectivity index (χ2n) is 5.19. The predicted molar refractivity (Wildman–Crippen MR) is 86.2 cm³/mol. The SMILES string of the molecule is CC(=O)N(/C=C\COc1cccc2ccccc12)C(C)C. The van der Waals surface area contributed by atoms with E-state index in [1.807, 2.05) is 50.3 Å².